The number of halogens is 1. The number of phenolic OH excluding ortho intramolecular Hbond substituents is 1. The van der Waals surface area contributed by atoms with E-state index in [9.17, 15) is 17.9 Å². The fourth-order valence-electron chi connectivity index (χ4n) is 4.18. The number of hydrogen-bond donors (Lipinski definition) is 1. The van der Waals surface area contributed by atoms with Crippen molar-refractivity contribution >= 4 is 15.7 Å². The number of piperidine rings is 1. The lowest BCUT2D eigenvalue weighted by Crippen LogP contribution is -2.47. The predicted octanol–water partition coefficient (Wildman–Crippen LogP) is 4.70. The Kier molecular flexibility index (Phi) is 6.48. The van der Waals surface area contributed by atoms with Crippen LogP contribution < -0.4 is 4.31 Å². The van der Waals surface area contributed by atoms with E-state index in [1.807, 2.05) is 19.1 Å². The summed E-state index contributed by atoms with van der Waals surface area (Å²) in [6, 6.07) is 19.4. The van der Waals surface area contributed by atoms with Crippen LogP contribution in [0.5, 0.6) is 5.75 Å². The van der Waals surface area contributed by atoms with Crippen LogP contribution in [0.1, 0.15) is 24.0 Å². The molecule has 0 amide bonds. The van der Waals surface area contributed by atoms with Crippen LogP contribution in [0.2, 0.25) is 0 Å². The van der Waals surface area contributed by atoms with Crippen LogP contribution in [0.25, 0.3) is 0 Å². The SMILES string of the molecule is Cc1ccc(S(=O)(=O)N(c2ccc(F)cc2)C2CCN(Cc3cccc(O)c3)CC2)cc1. The van der Waals surface area contributed by atoms with E-state index >= 15 is 0 Å². The van der Waals surface area contributed by atoms with Gasteiger partial charge in [0.05, 0.1) is 10.6 Å². The maximum absolute atomic E-state index is 13.6. The Morgan fingerprint density at radius 2 is 1.66 bits per heavy atom. The van der Waals surface area contributed by atoms with Gasteiger partial charge in [0.25, 0.3) is 10.0 Å². The second-order valence-corrected chi connectivity index (χ2v) is 10.1. The number of likely N-dealkylation sites (tertiary alicyclic amines) is 1. The van der Waals surface area contributed by atoms with Crippen molar-refractivity contribution in [2.24, 2.45) is 0 Å². The second kappa shape index (κ2) is 9.30. The first kappa shape index (κ1) is 22.3. The van der Waals surface area contributed by atoms with Crippen molar-refractivity contribution in [2.45, 2.75) is 37.2 Å². The molecule has 1 aliphatic heterocycles. The number of aromatic hydroxyl groups is 1. The van der Waals surface area contributed by atoms with Crippen molar-refractivity contribution in [3.05, 3.63) is 89.7 Å². The van der Waals surface area contributed by atoms with Crippen LogP contribution in [0, 0.1) is 12.7 Å². The molecule has 0 saturated carbocycles. The molecule has 1 saturated heterocycles. The van der Waals surface area contributed by atoms with E-state index in [2.05, 4.69) is 4.90 Å². The van der Waals surface area contributed by atoms with Crippen LogP contribution >= 0.6 is 0 Å². The van der Waals surface area contributed by atoms with Gasteiger partial charge in [-0.25, -0.2) is 12.8 Å². The highest BCUT2D eigenvalue weighted by atomic mass is 32.2. The monoisotopic (exact) mass is 454 g/mol. The summed E-state index contributed by atoms with van der Waals surface area (Å²) in [4.78, 5) is 2.49. The Hall–Kier alpha value is -2.90. The molecule has 4 rings (SSSR count). The Morgan fingerprint density at radius 3 is 2.28 bits per heavy atom. The third-order valence-corrected chi connectivity index (χ3v) is 7.76. The van der Waals surface area contributed by atoms with Crippen LogP contribution in [0.3, 0.4) is 0 Å². The maximum atomic E-state index is 13.6. The molecule has 1 aliphatic rings. The molecule has 1 fully saturated rings. The Bertz CT molecular complexity index is 1160. The first-order valence-electron chi connectivity index (χ1n) is 10.7. The zero-order valence-corrected chi connectivity index (χ0v) is 18.8. The molecule has 0 atom stereocenters. The van der Waals surface area contributed by atoms with Crippen molar-refractivity contribution in [3.63, 3.8) is 0 Å². The lowest BCUT2D eigenvalue weighted by Gasteiger charge is -2.39. The lowest BCUT2D eigenvalue weighted by atomic mass is 10.0. The Labute approximate surface area is 188 Å². The largest absolute Gasteiger partial charge is 0.508 e. The van der Waals surface area contributed by atoms with Crippen molar-refractivity contribution in [1.29, 1.82) is 0 Å². The van der Waals surface area contributed by atoms with Gasteiger partial charge in [-0.1, -0.05) is 29.8 Å². The highest BCUT2D eigenvalue weighted by Gasteiger charge is 2.34. The highest BCUT2D eigenvalue weighted by Crippen LogP contribution is 2.31. The van der Waals surface area contributed by atoms with E-state index in [-0.39, 0.29) is 16.7 Å². The Morgan fingerprint density at radius 1 is 1.00 bits per heavy atom. The zero-order chi connectivity index (χ0) is 22.7. The smallest absolute Gasteiger partial charge is 0.264 e. The third-order valence-electron chi connectivity index (χ3n) is 5.86. The summed E-state index contributed by atoms with van der Waals surface area (Å²) in [7, 11) is -3.81. The number of sulfonamides is 1. The van der Waals surface area contributed by atoms with E-state index in [1.165, 1.54) is 28.6 Å². The molecule has 1 N–H and O–H groups in total. The molecule has 168 valence electrons. The van der Waals surface area contributed by atoms with Crippen molar-refractivity contribution in [2.75, 3.05) is 17.4 Å². The first-order valence-corrected chi connectivity index (χ1v) is 12.1. The minimum atomic E-state index is -3.81. The number of aryl methyl sites for hydroxylation is 1. The molecule has 0 aromatic heterocycles. The predicted molar refractivity (Wildman–Crippen MR) is 124 cm³/mol. The Balaban J connectivity index is 1.57. The van der Waals surface area contributed by atoms with E-state index in [0.29, 0.717) is 25.1 Å². The molecule has 32 heavy (non-hydrogen) atoms. The zero-order valence-electron chi connectivity index (χ0n) is 18.0. The van der Waals surface area contributed by atoms with Crippen LogP contribution in [0.4, 0.5) is 10.1 Å². The number of hydrogen-bond acceptors (Lipinski definition) is 4. The molecule has 0 radical (unpaired) electrons. The molecular weight excluding hydrogens is 427 g/mol. The molecular formula is C25H27FN2O3S. The summed E-state index contributed by atoms with van der Waals surface area (Å²) < 4.78 is 42.3. The fourth-order valence-corrected chi connectivity index (χ4v) is 5.89. The summed E-state index contributed by atoms with van der Waals surface area (Å²) in [5.41, 5.74) is 2.47. The topological polar surface area (TPSA) is 60.9 Å². The summed E-state index contributed by atoms with van der Waals surface area (Å²) >= 11 is 0. The van der Waals surface area contributed by atoms with Crippen molar-refractivity contribution < 1.29 is 17.9 Å². The number of phenols is 1. The van der Waals surface area contributed by atoms with Gasteiger partial charge in [0, 0.05) is 25.7 Å². The third kappa shape index (κ3) is 4.95. The van der Waals surface area contributed by atoms with Crippen LogP contribution in [-0.2, 0) is 16.6 Å². The molecule has 0 bridgehead atoms. The molecule has 0 unspecified atom stereocenters. The van der Waals surface area contributed by atoms with Gasteiger partial charge in [0.15, 0.2) is 0 Å². The summed E-state index contributed by atoms with van der Waals surface area (Å²) in [6.45, 7) is 4.06. The summed E-state index contributed by atoms with van der Waals surface area (Å²) in [6.07, 6.45) is 1.31. The summed E-state index contributed by atoms with van der Waals surface area (Å²) in [5, 5.41) is 9.70. The quantitative estimate of drug-likeness (QED) is 0.587. The lowest BCUT2D eigenvalue weighted by molar-refractivity contribution is 0.206. The van der Waals surface area contributed by atoms with Gasteiger partial charge in [0.1, 0.15) is 11.6 Å². The van der Waals surface area contributed by atoms with Gasteiger partial charge in [0.2, 0.25) is 0 Å². The van der Waals surface area contributed by atoms with Gasteiger partial charge in [-0.15, -0.1) is 0 Å². The number of rotatable bonds is 6. The molecule has 1 heterocycles. The van der Waals surface area contributed by atoms with Gasteiger partial charge in [-0.2, -0.15) is 0 Å². The molecule has 5 nitrogen and oxygen atoms in total. The van der Waals surface area contributed by atoms with Gasteiger partial charge in [-0.3, -0.25) is 9.21 Å². The average Bonchev–Trinajstić information content (AvgIpc) is 2.77. The van der Waals surface area contributed by atoms with E-state index < -0.39 is 15.8 Å². The van der Waals surface area contributed by atoms with Crippen molar-refractivity contribution in [3.8, 4) is 5.75 Å². The minimum absolute atomic E-state index is 0.229. The molecule has 7 heteroatoms. The van der Waals surface area contributed by atoms with Crippen LogP contribution in [0.15, 0.2) is 77.7 Å². The average molecular weight is 455 g/mol. The second-order valence-electron chi connectivity index (χ2n) is 8.27. The maximum Gasteiger partial charge on any atom is 0.264 e. The fraction of sp³-hybridized carbons (Fsp3) is 0.280. The van der Waals surface area contributed by atoms with Gasteiger partial charge >= 0.3 is 0 Å². The standard InChI is InChI=1S/C25H27FN2O3S/c1-19-5-11-25(12-6-19)32(30,31)28(22-9-7-21(26)8-10-22)23-13-15-27(16-14-23)18-20-3-2-4-24(29)17-20/h2-12,17,23,29H,13-16,18H2,1H3. The van der Waals surface area contributed by atoms with Gasteiger partial charge in [-0.05, 0) is 73.9 Å². The van der Waals surface area contributed by atoms with E-state index in [4.69, 9.17) is 0 Å². The number of anilines is 1. The highest BCUT2D eigenvalue weighted by molar-refractivity contribution is 7.92. The molecule has 0 spiro atoms. The van der Waals surface area contributed by atoms with E-state index in [1.54, 1.807) is 36.4 Å². The van der Waals surface area contributed by atoms with Crippen molar-refractivity contribution in [1.82, 2.24) is 4.90 Å². The van der Waals surface area contributed by atoms with E-state index in [0.717, 1.165) is 24.2 Å². The summed E-state index contributed by atoms with van der Waals surface area (Å²) in [5.74, 6) is -0.161. The molecule has 0 aliphatic carbocycles. The number of benzene rings is 3. The van der Waals surface area contributed by atoms with Gasteiger partial charge < -0.3 is 5.11 Å². The minimum Gasteiger partial charge on any atom is -0.508 e. The number of nitrogens with zero attached hydrogens (tertiary/aromatic N) is 2. The first-order chi connectivity index (χ1) is 15.3. The molecule has 3 aromatic rings. The normalized spacial score (nSPS) is 15.6. The molecule has 3 aromatic carbocycles. The van der Waals surface area contributed by atoms with Crippen LogP contribution in [-0.4, -0.2) is 37.6 Å².